The lowest BCUT2D eigenvalue weighted by atomic mass is 9.91. The van der Waals surface area contributed by atoms with Crippen LogP contribution in [-0.2, 0) is 4.79 Å². The molecular formula is C24H28O4S. The normalized spacial score (nSPS) is 11.4. The monoisotopic (exact) mass is 412 g/mol. The molecule has 1 N–H and O–H groups in total. The minimum atomic E-state index is -1.00. The Hall–Kier alpha value is -2.53. The van der Waals surface area contributed by atoms with Gasteiger partial charge in [-0.1, -0.05) is 33.8 Å². The highest BCUT2D eigenvalue weighted by atomic mass is 32.2. The highest BCUT2D eigenvalue weighted by Crippen LogP contribution is 2.36. The van der Waals surface area contributed by atoms with Gasteiger partial charge in [0.05, 0.1) is 0 Å². The number of benzene rings is 2. The minimum Gasteiger partial charge on any atom is -0.481 e. The number of ketones is 1. The van der Waals surface area contributed by atoms with Crippen LogP contribution in [0.1, 0.15) is 66.6 Å². The van der Waals surface area contributed by atoms with Crippen LogP contribution >= 0.6 is 11.8 Å². The van der Waals surface area contributed by atoms with Crippen molar-refractivity contribution in [3.05, 3.63) is 64.7 Å². The van der Waals surface area contributed by atoms with E-state index in [0.717, 1.165) is 21.6 Å². The Labute approximate surface area is 177 Å². The van der Waals surface area contributed by atoms with Gasteiger partial charge in [-0.05, 0) is 77.3 Å². The van der Waals surface area contributed by atoms with Crippen LogP contribution in [0.4, 0.5) is 0 Å². The highest BCUT2D eigenvalue weighted by molar-refractivity contribution is 7.98. The zero-order chi connectivity index (χ0) is 21.6. The summed E-state index contributed by atoms with van der Waals surface area (Å²) in [6.45, 7) is 7.79. The number of thioether (sulfide) groups is 1. The molecule has 0 saturated heterocycles. The average molecular weight is 413 g/mol. The molecule has 0 aliphatic heterocycles. The molecule has 0 bridgehead atoms. The highest BCUT2D eigenvalue weighted by Gasteiger charge is 2.18. The first-order chi connectivity index (χ1) is 13.7. The summed E-state index contributed by atoms with van der Waals surface area (Å²) in [4.78, 5) is 24.6. The number of carboxylic acids is 1. The van der Waals surface area contributed by atoms with Crippen LogP contribution in [0.15, 0.2) is 47.4 Å². The summed E-state index contributed by atoms with van der Waals surface area (Å²) in [7, 11) is 0. The van der Waals surface area contributed by atoms with Crippen LogP contribution in [0.3, 0.4) is 0 Å². The molecule has 4 nitrogen and oxygen atoms in total. The third-order valence-electron chi connectivity index (χ3n) is 4.55. The molecule has 2 rings (SSSR count). The number of allylic oxidation sites excluding steroid dienone is 1. The first-order valence-electron chi connectivity index (χ1n) is 9.61. The molecule has 0 atom stereocenters. The van der Waals surface area contributed by atoms with E-state index in [1.807, 2.05) is 76.4 Å². The quantitative estimate of drug-likeness (QED) is 0.310. The molecule has 0 unspecified atom stereocenters. The number of rotatable bonds is 9. The van der Waals surface area contributed by atoms with Gasteiger partial charge in [0.2, 0.25) is 0 Å². The van der Waals surface area contributed by atoms with Gasteiger partial charge >= 0.3 is 5.97 Å². The summed E-state index contributed by atoms with van der Waals surface area (Å²) in [5.41, 5.74) is 3.42. The number of carbonyl (C=O) groups excluding carboxylic acids is 1. The topological polar surface area (TPSA) is 63.6 Å². The van der Waals surface area contributed by atoms with Crippen LogP contribution in [0.5, 0.6) is 5.75 Å². The number of ether oxygens (including phenoxy) is 1. The smallest absolute Gasteiger partial charge is 0.341 e. The van der Waals surface area contributed by atoms with Crippen molar-refractivity contribution in [3.63, 3.8) is 0 Å². The summed E-state index contributed by atoms with van der Waals surface area (Å²) in [6, 6.07) is 11.5. The van der Waals surface area contributed by atoms with E-state index in [1.165, 1.54) is 0 Å². The summed E-state index contributed by atoms with van der Waals surface area (Å²) >= 11 is 1.64. The van der Waals surface area contributed by atoms with Crippen molar-refractivity contribution in [1.29, 1.82) is 0 Å². The van der Waals surface area contributed by atoms with Gasteiger partial charge in [0.15, 0.2) is 12.4 Å². The average Bonchev–Trinajstić information content (AvgIpc) is 2.69. The molecule has 0 spiro atoms. The minimum absolute atomic E-state index is 0.0546. The SMILES string of the molecule is CSc1ccc(C(=O)C=Cc2cc(C(C)C)c(OCC(=O)O)c(C(C)C)c2)cc1. The second-order valence-electron chi connectivity index (χ2n) is 7.45. The van der Waals surface area contributed by atoms with Crippen molar-refractivity contribution in [2.75, 3.05) is 12.9 Å². The second-order valence-corrected chi connectivity index (χ2v) is 8.33. The Morgan fingerprint density at radius 3 is 2.03 bits per heavy atom. The maximum absolute atomic E-state index is 12.5. The van der Waals surface area contributed by atoms with Gasteiger partial charge < -0.3 is 9.84 Å². The van der Waals surface area contributed by atoms with Crippen molar-refractivity contribution in [3.8, 4) is 5.75 Å². The molecule has 154 valence electrons. The number of hydrogen-bond acceptors (Lipinski definition) is 4. The number of hydrogen-bond donors (Lipinski definition) is 1. The summed E-state index contributed by atoms with van der Waals surface area (Å²) in [5, 5.41) is 9.00. The Bertz CT molecular complexity index is 867. The predicted octanol–water partition coefficient (Wildman–Crippen LogP) is 6.01. The standard InChI is InChI=1S/C24H28O4S/c1-15(2)20-12-17(13-21(16(3)4)24(20)28-14-23(26)27)6-11-22(25)18-7-9-19(29-5)10-8-18/h6-13,15-16H,14H2,1-5H3,(H,26,27). The van der Waals surface area contributed by atoms with Crippen molar-refractivity contribution in [2.45, 2.75) is 44.4 Å². The lowest BCUT2D eigenvalue weighted by molar-refractivity contribution is -0.139. The van der Waals surface area contributed by atoms with Crippen molar-refractivity contribution < 1.29 is 19.4 Å². The van der Waals surface area contributed by atoms with E-state index in [-0.39, 0.29) is 24.2 Å². The number of aliphatic carboxylic acids is 1. The van der Waals surface area contributed by atoms with Gasteiger partial charge in [0.25, 0.3) is 0 Å². The molecule has 0 saturated carbocycles. The third-order valence-corrected chi connectivity index (χ3v) is 5.30. The molecule has 0 aliphatic carbocycles. The van der Waals surface area contributed by atoms with Crippen molar-refractivity contribution in [2.24, 2.45) is 0 Å². The zero-order valence-electron chi connectivity index (χ0n) is 17.6. The van der Waals surface area contributed by atoms with Gasteiger partial charge in [-0.2, -0.15) is 0 Å². The molecular weight excluding hydrogens is 384 g/mol. The van der Waals surface area contributed by atoms with Crippen LogP contribution in [0, 0.1) is 0 Å². The second kappa shape index (κ2) is 10.3. The summed E-state index contributed by atoms with van der Waals surface area (Å²) in [5.74, 6) is -0.120. The molecule has 0 heterocycles. The maximum atomic E-state index is 12.5. The van der Waals surface area contributed by atoms with E-state index in [4.69, 9.17) is 9.84 Å². The van der Waals surface area contributed by atoms with E-state index < -0.39 is 5.97 Å². The van der Waals surface area contributed by atoms with E-state index in [9.17, 15) is 9.59 Å². The summed E-state index contributed by atoms with van der Waals surface area (Å²) < 4.78 is 5.63. The first kappa shape index (κ1) is 22.8. The Kier molecular flexibility index (Phi) is 8.09. The van der Waals surface area contributed by atoms with Crippen LogP contribution in [0.2, 0.25) is 0 Å². The number of carbonyl (C=O) groups is 2. The van der Waals surface area contributed by atoms with E-state index >= 15 is 0 Å². The van der Waals surface area contributed by atoms with Gasteiger partial charge in [0, 0.05) is 10.5 Å². The fraction of sp³-hybridized carbons (Fsp3) is 0.333. The van der Waals surface area contributed by atoms with Crippen molar-refractivity contribution in [1.82, 2.24) is 0 Å². The fourth-order valence-electron chi connectivity index (χ4n) is 2.98. The largest absolute Gasteiger partial charge is 0.481 e. The van der Waals surface area contributed by atoms with Gasteiger partial charge in [-0.25, -0.2) is 4.79 Å². The molecule has 0 radical (unpaired) electrons. The maximum Gasteiger partial charge on any atom is 0.341 e. The van der Waals surface area contributed by atoms with E-state index in [1.54, 1.807) is 17.8 Å². The van der Waals surface area contributed by atoms with Crippen LogP contribution in [-0.4, -0.2) is 29.7 Å². The van der Waals surface area contributed by atoms with Gasteiger partial charge in [0.1, 0.15) is 5.75 Å². The van der Waals surface area contributed by atoms with Crippen molar-refractivity contribution >= 4 is 29.6 Å². The Balaban J connectivity index is 2.37. The Morgan fingerprint density at radius 2 is 1.59 bits per heavy atom. The zero-order valence-corrected chi connectivity index (χ0v) is 18.4. The van der Waals surface area contributed by atoms with Gasteiger partial charge in [-0.3, -0.25) is 4.79 Å². The molecule has 0 amide bonds. The third kappa shape index (κ3) is 6.23. The molecule has 2 aromatic rings. The molecule has 0 aliphatic rings. The lowest BCUT2D eigenvalue weighted by Crippen LogP contribution is -2.13. The molecule has 0 fully saturated rings. The number of carboxylic acid groups (broad SMARTS) is 1. The molecule has 0 aromatic heterocycles. The summed E-state index contributed by atoms with van der Waals surface area (Å²) in [6.07, 6.45) is 5.39. The Morgan fingerprint density at radius 1 is 1.03 bits per heavy atom. The van der Waals surface area contributed by atoms with E-state index in [0.29, 0.717) is 11.3 Å². The molecule has 2 aromatic carbocycles. The fourth-order valence-corrected chi connectivity index (χ4v) is 3.38. The predicted molar refractivity (Wildman–Crippen MR) is 119 cm³/mol. The van der Waals surface area contributed by atoms with Gasteiger partial charge in [-0.15, -0.1) is 11.8 Å². The molecule has 29 heavy (non-hydrogen) atoms. The van der Waals surface area contributed by atoms with E-state index in [2.05, 4.69) is 0 Å². The lowest BCUT2D eigenvalue weighted by Gasteiger charge is -2.20. The first-order valence-corrected chi connectivity index (χ1v) is 10.8. The van der Waals surface area contributed by atoms with Crippen LogP contribution < -0.4 is 4.74 Å². The molecule has 5 heteroatoms. The van der Waals surface area contributed by atoms with Crippen LogP contribution in [0.25, 0.3) is 6.08 Å².